The third-order valence-corrected chi connectivity index (χ3v) is 4.24. The molecule has 0 aliphatic heterocycles. The lowest BCUT2D eigenvalue weighted by molar-refractivity contribution is -0.385. The van der Waals surface area contributed by atoms with Crippen LogP contribution >= 0.6 is 27.5 Å². The quantitative estimate of drug-likeness (QED) is 0.507. The van der Waals surface area contributed by atoms with Gasteiger partial charge in [0.05, 0.1) is 4.92 Å². The third-order valence-electron chi connectivity index (χ3n) is 3.38. The SMILES string of the molecule is O=C(NCC1CCC(Cl)C1)c1cc(Br)cc([N+](=O)[O-])c1. The Labute approximate surface area is 130 Å². The molecule has 0 spiro atoms. The number of halogens is 2. The zero-order chi connectivity index (χ0) is 14.7. The van der Waals surface area contributed by atoms with Gasteiger partial charge in [-0.15, -0.1) is 11.6 Å². The predicted octanol–water partition coefficient (Wildman–Crippen LogP) is 3.49. The van der Waals surface area contributed by atoms with Crippen molar-refractivity contribution in [3.05, 3.63) is 38.3 Å². The van der Waals surface area contributed by atoms with Gasteiger partial charge in [-0.3, -0.25) is 14.9 Å². The summed E-state index contributed by atoms with van der Waals surface area (Å²) in [6.45, 7) is 0.558. The van der Waals surface area contributed by atoms with E-state index in [1.807, 2.05) is 0 Å². The Morgan fingerprint density at radius 2 is 2.20 bits per heavy atom. The molecular formula is C13H14BrClN2O3. The van der Waals surface area contributed by atoms with Gasteiger partial charge in [0, 0.05) is 34.1 Å². The predicted molar refractivity (Wildman–Crippen MR) is 80.1 cm³/mol. The van der Waals surface area contributed by atoms with E-state index < -0.39 is 4.92 Å². The van der Waals surface area contributed by atoms with Crippen molar-refractivity contribution in [2.75, 3.05) is 6.54 Å². The van der Waals surface area contributed by atoms with Crippen LogP contribution in [0.25, 0.3) is 0 Å². The third kappa shape index (κ3) is 3.93. The number of amides is 1. The van der Waals surface area contributed by atoms with E-state index in [0.29, 0.717) is 16.9 Å². The van der Waals surface area contributed by atoms with Crippen LogP contribution in [0.5, 0.6) is 0 Å². The number of benzene rings is 1. The highest BCUT2D eigenvalue weighted by Gasteiger charge is 2.23. The number of rotatable bonds is 4. The first-order valence-corrected chi connectivity index (χ1v) is 7.56. The van der Waals surface area contributed by atoms with Crippen molar-refractivity contribution < 1.29 is 9.72 Å². The molecule has 1 N–H and O–H groups in total. The van der Waals surface area contributed by atoms with E-state index >= 15 is 0 Å². The van der Waals surface area contributed by atoms with E-state index in [2.05, 4.69) is 21.2 Å². The Balaban J connectivity index is 2.00. The van der Waals surface area contributed by atoms with Gasteiger partial charge in [0.2, 0.25) is 0 Å². The van der Waals surface area contributed by atoms with Crippen molar-refractivity contribution in [3.8, 4) is 0 Å². The molecule has 1 saturated carbocycles. The summed E-state index contributed by atoms with van der Waals surface area (Å²) in [6, 6.07) is 4.21. The van der Waals surface area contributed by atoms with Gasteiger partial charge in [-0.25, -0.2) is 0 Å². The summed E-state index contributed by atoms with van der Waals surface area (Å²) in [6.07, 6.45) is 2.89. The number of carbonyl (C=O) groups excluding carboxylic acids is 1. The van der Waals surface area contributed by atoms with Crippen LogP contribution in [-0.4, -0.2) is 22.8 Å². The molecule has 7 heteroatoms. The first kappa shape index (κ1) is 15.3. The molecule has 2 atom stereocenters. The lowest BCUT2D eigenvalue weighted by Gasteiger charge is -2.11. The van der Waals surface area contributed by atoms with E-state index in [1.54, 1.807) is 6.07 Å². The maximum Gasteiger partial charge on any atom is 0.271 e. The van der Waals surface area contributed by atoms with Crippen LogP contribution in [0.15, 0.2) is 22.7 Å². The molecule has 1 fully saturated rings. The van der Waals surface area contributed by atoms with Gasteiger partial charge in [-0.1, -0.05) is 15.9 Å². The molecule has 0 saturated heterocycles. The minimum atomic E-state index is -0.517. The molecule has 1 aromatic rings. The van der Waals surface area contributed by atoms with Crippen molar-refractivity contribution in [2.45, 2.75) is 24.6 Å². The molecule has 2 rings (SSSR count). The lowest BCUT2D eigenvalue weighted by Crippen LogP contribution is -2.28. The van der Waals surface area contributed by atoms with Crippen LogP contribution in [0.4, 0.5) is 5.69 Å². The molecule has 5 nitrogen and oxygen atoms in total. The number of nitro groups is 1. The highest BCUT2D eigenvalue weighted by molar-refractivity contribution is 9.10. The van der Waals surface area contributed by atoms with Crippen LogP contribution in [-0.2, 0) is 0 Å². The number of nitrogens with one attached hydrogen (secondary N) is 1. The topological polar surface area (TPSA) is 72.2 Å². The summed E-state index contributed by atoms with van der Waals surface area (Å²) in [5.74, 6) is 0.0935. The summed E-state index contributed by atoms with van der Waals surface area (Å²) < 4.78 is 0.513. The zero-order valence-corrected chi connectivity index (χ0v) is 13.0. The Bertz CT molecular complexity index is 538. The van der Waals surface area contributed by atoms with Crippen LogP contribution in [0.3, 0.4) is 0 Å². The molecule has 0 radical (unpaired) electrons. The second-order valence-electron chi connectivity index (χ2n) is 4.94. The fourth-order valence-electron chi connectivity index (χ4n) is 2.35. The summed E-state index contributed by atoms with van der Waals surface area (Å²) in [5.41, 5.74) is 0.178. The summed E-state index contributed by atoms with van der Waals surface area (Å²) in [4.78, 5) is 22.3. The summed E-state index contributed by atoms with van der Waals surface area (Å²) in [5, 5.41) is 13.8. The molecule has 1 aromatic carbocycles. The van der Waals surface area contributed by atoms with E-state index in [9.17, 15) is 14.9 Å². The zero-order valence-electron chi connectivity index (χ0n) is 10.6. The Hall–Kier alpha value is -1.14. The number of hydrogen-bond acceptors (Lipinski definition) is 3. The van der Waals surface area contributed by atoms with Gasteiger partial charge < -0.3 is 5.32 Å². The van der Waals surface area contributed by atoms with Crippen molar-refractivity contribution in [1.29, 1.82) is 0 Å². The first-order chi connectivity index (χ1) is 9.45. The van der Waals surface area contributed by atoms with Crippen molar-refractivity contribution >= 4 is 39.1 Å². The average Bonchev–Trinajstić information content (AvgIpc) is 2.81. The van der Waals surface area contributed by atoms with E-state index in [0.717, 1.165) is 19.3 Å². The first-order valence-electron chi connectivity index (χ1n) is 6.33. The Kier molecular flexibility index (Phi) is 4.99. The van der Waals surface area contributed by atoms with E-state index in [1.165, 1.54) is 12.1 Å². The number of hydrogen-bond donors (Lipinski definition) is 1. The molecule has 20 heavy (non-hydrogen) atoms. The second-order valence-corrected chi connectivity index (χ2v) is 6.47. The maximum absolute atomic E-state index is 12.0. The lowest BCUT2D eigenvalue weighted by atomic mass is 10.1. The molecule has 1 aliphatic carbocycles. The van der Waals surface area contributed by atoms with Gasteiger partial charge in [-0.2, -0.15) is 0 Å². The highest BCUT2D eigenvalue weighted by atomic mass is 79.9. The number of carbonyl (C=O) groups is 1. The van der Waals surface area contributed by atoms with E-state index in [4.69, 9.17) is 11.6 Å². The number of non-ortho nitro benzene ring substituents is 1. The van der Waals surface area contributed by atoms with Crippen LogP contribution < -0.4 is 5.32 Å². The summed E-state index contributed by atoms with van der Waals surface area (Å²) in [7, 11) is 0. The normalized spacial score (nSPS) is 21.7. The Morgan fingerprint density at radius 1 is 1.45 bits per heavy atom. The fraction of sp³-hybridized carbons (Fsp3) is 0.462. The van der Waals surface area contributed by atoms with Gasteiger partial charge in [0.25, 0.3) is 11.6 Å². The molecule has 0 bridgehead atoms. The van der Waals surface area contributed by atoms with Crippen molar-refractivity contribution in [2.24, 2.45) is 5.92 Å². The molecule has 0 aromatic heterocycles. The van der Waals surface area contributed by atoms with Crippen molar-refractivity contribution in [1.82, 2.24) is 5.32 Å². The number of nitro benzene ring substituents is 1. The number of nitrogens with zero attached hydrogens (tertiary/aromatic N) is 1. The van der Waals surface area contributed by atoms with Crippen molar-refractivity contribution in [3.63, 3.8) is 0 Å². The smallest absolute Gasteiger partial charge is 0.271 e. The molecular weight excluding hydrogens is 348 g/mol. The van der Waals surface area contributed by atoms with Crippen LogP contribution in [0.1, 0.15) is 29.6 Å². The summed E-state index contributed by atoms with van der Waals surface area (Å²) >= 11 is 9.19. The molecule has 1 amide bonds. The molecule has 108 valence electrons. The molecule has 1 aliphatic rings. The Morgan fingerprint density at radius 3 is 2.80 bits per heavy atom. The van der Waals surface area contributed by atoms with Gasteiger partial charge in [0.15, 0.2) is 0 Å². The largest absolute Gasteiger partial charge is 0.352 e. The second kappa shape index (κ2) is 6.54. The standard InChI is InChI=1S/C13H14BrClN2O3/c14-10-4-9(5-12(6-10)17(19)20)13(18)16-7-8-1-2-11(15)3-8/h4-6,8,11H,1-3,7H2,(H,16,18). The molecule has 0 heterocycles. The highest BCUT2D eigenvalue weighted by Crippen LogP contribution is 2.29. The molecule has 2 unspecified atom stereocenters. The van der Waals surface area contributed by atoms with Crippen LogP contribution in [0.2, 0.25) is 0 Å². The number of alkyl halides is 1. The van der Waals surface area contributed by atoms with Gasteiger partial charge >= 0.3 is 0 Å². The fourth-order valence-corrected chi connectivity index (χ4v) is 3.21. The average molecular weight is 362 g/mol. The van der Waals surface area contributed by atoms with E-state index in [-0.39, 0.29) is 22.5 Å². The van der Waals surface area contributed by atoms with Crippen LogP contribution in [0, 0.1) is 16.0 Å². The minimum Gasteiger partial charge on any atom is -0.352 e. The minimum absolute atomic E-state index is 0.105. The van der Waals surface area contributed by atoms with Gasteiger partial charge in [0.1, 0.15) is 0 Å². The monoisotopic (exact) mass is 360 g/mol. The van der Waals surface area contributed by atoms with Gasteiger partial charge in [-0.05, 0) is 31.2 Å². The maximum atomic E-state index is 12.0.